The lowest BCUT2D eigenvalue weighted by Gasteiger charge is -2.25. The zero-order valence-electron chi connectivity index (χ0n) is 13.2. The van der Waals surface area contributed by atoms with Crippen LogP contribution < -0.4 is 10.1 Å². The monoisotopic (exact) mass is 293 g/mol. The Morgan fingerprint density at radius 2 is 1.76 bits per heavy atom. The van der Waals surface area contributed by atoms with Crippen LogP contribution >= 0.6 is 0 Å². The molecular weight excluding hydrogens is 270 g/mol. The van der Waals surface area contributed by atoms with E-state index < -0.39 is 0 Å². The number of hydrogen-bond donors (Lipinski definition) is 1. The van der Waals surface area contributed by atoms with E-state index in [2.05, 4.69) is 5.32 Å². The van der Waals surface area contributed by atoms with Gasteiger partial charge in [-0.15, -0.1) is 0 Å². The number of likely N-dealkylation sites (N-methyl/N-ethyl adjacent to an activating group) is 2. The molecule has 116 valence electrons. The van der Waals surface area contributed by atoms with E-state index in [0.717, 1.165) is 5.75 Å². The lowest BCUT2D eigenvalue weighted by atomic mass is 10.2. The molecule has 0 bridgehead atoms. The fraction of sp³-hybridized carbons (Fsp3) is 0.467. The minimum Gasteiger partial charge on any atom is -0.497 e. The summed E-state index contributed by atoms with van der Waals surface area (Å²) in [7, 11) is 6.74. The molecule has 1 rings (SSSR count). The van der Waals surface area contributed by atoms with Crippen molar-refractivity contribution < 1.29 is 14.3 Å². The first-order chi connectivity index (χ1) is 9.85. The largest absolute Gasteiger partial charge is 0.497 e. The number of carbonyl (C=O) groups excluding carboxylic acids is 2. The topological polar surface area (TPSA) is 61.9 Å². The summed E-state index contributed by atoms with van der Waals surface area (Å²) in [5.74, 6) is 0.533. The molecule has 0 heterocycles. The minimum atomic E-state index is -0.346. The summed E-state index contributed by atoms with van der Waals surface area (Å²) < 4.78 is 5.06. The van der Waals surface area contributed by atoms with Crippen molar-refractivity contribution in [2.75, 3.05) is 40.1 Å². The van der Waals surface area contributed by atoms with Crippen LogP contribution in [0.4, 0.5) is 5.69 Å². The molecule has 0 unspecified atom stereocenters. The number of nitrogens with one attached hydrogen (secondary N) is 1. The fourth-order valence-corrected chi connectivity index (χ4v) is 1.80. The van der Waals surface area contributed by atoms with Gasteiger partial charge in [0.2, 0.25) is 11.8 Å². The molecule has 0 spiro atoms. The SMILES string of the molecule is COc1ccc(NC(=O)CN(C)[C@H](C)C(=O)N(C)C)cc1. The van der Waals surface area contributed by atoms with Crippen molar-refractivity contribution in [1.82, 2.24) is 9.80 Å². The summed E-state index contributed by atoms with van der Waals surface area (Å²) in [4.78, 5) is 27.0. The molecule has 21 heavy (non-hydrogen) atoms. The first-order valence-electron chi connectivity index (χ1n) is 6.70. The molecule has 0 radical (unpaired) electrons. The molecule has 0 saturated carbocycles. The highest BCUT2D eigenvalue weighted by Gasteiger charge is 2.21. The molecule has 6 heteroatoms. The van der Waals surface area contributed by atoms with Gasteiger partial charge in [0.1, 0.15) is 5.75 Å². The Kier molecular flexibility index (Phi) is 6.17. The molecule has 1 aromatic carbocycles. The number of ether oxygens (including phenoxy) is 1. The van der Waals surface area contributed by atoms with Crippen LogP contribution in [0.5, 0.6) is 5.75 Å². The summed E-state index contributed by atoms with van der Waals surface area (Å²) >= 11 is 0. The third-order valence-electron chi connectivity index (χ3n) is 3.23. The highest BCUT2D eigenvalue weighted by molar-refractivity contribution is 5.92. The standard InChI is InChI=1S/C15H23N3O3/c1-11(15(20)17(2)3)18(4)10-14(19)16-12-6-8-13(21-5)9-7-12/h6-9,11H,10H2,1-5H3,(H,16,19)/t11-/m1/s1. The van der Waals surface area contributed by atoms with Gasteiger partial charge in [-0.25, -0.2) is 0 Å². The van der Waals surface area contributed by atoms with Crippen molar-refractivity contribution in [3.63, 3.8) is 0 Å². The second kappa shape index (κ2) is 7.64. The minimum absolute atomic E-state index is 0.0326. The number of methoxy groups -OCH3 is 1. The van der Waals surface area contributed by atoms with E-state index in [4.69, 9.17) is 4.74 Å². The third-order valence-corrected chi connectivity index (χ3v) is 3.23. The highest BCUT2D eigenvalue weighted by atomic mass is 16.5. The van der Waals surface area contributed by atoms with E-state index in [9.17, 15) is 9.59 Å². The van der Waals surface area contributed by atoms with Crippen molar-refractivity contribution in [3.8, 4) is 5.75 Å². The quantitative estimate of drug-likeness (QED) is 0.851. The molecule has 6 nitrogen and oxygen atoms in total. The van der Waals surface area contributed by atoms with Gasteiger partial charge in [-0.2, -0.15) is 0 Å². The van der Waals surface area contributed by atoms with E-state index in [0.29, 0.717) is 5.69 Å². The van der Waals surface area contributed by atoms with Crippen molar-refractivity contribution in [2.45, 2.75) is 13.0 Å². The maximum absolute atomic E-state index is 12.0. The number of benzene rings is 1. The predicted octanol–water partition coefficient (Wildman–Crippen LogP) is 1.04. The predicted molar refractivity (Wildman–Crippen MR) is 82.4 cm³/mol. The van der Waals surface area contributed by atoms with Crippen LogP contribution in [-0.2, 0) is 9.59 Å². The third kappa shape index (κ3) is 5.07. The Morgan fingerprint density at radius 3 is 2.24 bits per heavy atom. The summed E-state index contributed by atoms with van der Waals surface area (Å²) in [5, 5.41) is 2.79. The van der Waals surface area contributed by atoms with E-state index >= 15 is 0 Å². The second-order valence-corrected chi connectivity index (χ2v) is 5.10. The molecule has 0 aromatic heterocycles. The summed E-state index contributed by atoms with van der Waals surface area (Å²) in [6.45, 7) is 1.93. The lowest BCUT2D eigenvalue weighted by molar-refractivity contribution is -0.133. The molecule has 0 aliphatic rings. The highest BCUT2D eigenvalue weighted by Crippen LogP contribution is 2.14. The van der Waals surface area contributed by atoms with Gasteiger partial charge in [-0.05, 0) is 38.2 Å². The van der Waals surface area contributed by atoms with Crippen LogP contribution in [0.15, 0.2) is 24.3 Å². The molecular formula is C15H23N3O3. The molecule has 1 atom stereocenters. The number of anilines is 1. The van der Waals surface area contributed by atoms with Crippen molar-refractivity contribution >= 4 is 17.5 Å². The molecule has 1 aromatic rings. The molecule has 0 fully saturated rings. The zero-order valence-corrected chi connectivity index (χ0v) is 13.2. The second-order valence-electron chi connectivity index (χ2n) is 5.10. The Morgan fingerprint density at radius 1 is 1.19 bits per heavy atom. The van der Waals surface area contributed by atoms with Crippen LogP contribution in [0.2, 0.25) is 0 Å². The van der Waals surface area contributed by atoms with Crippen molar-refractivity contribution in [2.24, 2.45) is 0 Å². The number of hydrogen-bond acceptors (Lipinski definition) is 4. The number of rotatable bonds is 6. The van der Waals surface area contributed by atoms with Gasteiger partial charge in [0.15, 0.2) is 0 Å². The molecule has 2 amide bonds. The summed E-state index contributed by atoms with van der Waals surface area (Å²) in [5.41, 5.74) is 0.695. The molecule has 0 aliphatic carbocycles. The van der Waals surface area contributed by atoms with Gasteiger partial charge in [0.05, 0.1) is 19.7 Å². The van der Waals surface area contributed by atoms with Gasteiger partial charge < -0.3 is 15.0 Å². The van der Waals surface area contributed by atoms with Crippen LogP contribution in [0, 0.1) is 0 Å². The molecule has 1 N–H and O–H groups in total. The Labute approximate surface area is 125 Å². The average molecular weight is 293 g/mol. The maximum atomic E-state index is 12.0. The van der Waals surface area contributed by atoms with Gasteiger partial charge in [-0.1, -0.05) is 0 Å². The average Bonchev–Trinajstić information content (AvgIpc) is 2.46. The van der Waals surface area contributed by atoms with Gasteiger partial charge >= 0.3 is 0 Å². The Hall–Kier alpha value is -2.08. The Bertz CT molecular complexity index is 485. The van der Waals surface area contributed by atoms with E-state index in [1.807, 2.05) is 0 Å². The van der Waals surface area contributed by atoms with Crippen molar-refractivity contribution in [1.29, 1.82) is 0 Å². The zero-order chi connectivity index (χ0) is 16.0. The first-order valence-corrected chi connectivity index (χ1v) is 6.70. The van der Waals surface area contributed by atoms with Crippen LogP contribution in [-0.4, -0.2) is 62.5 Å². The molecule has 0 saturated heterocycles. The summed E-state index contributed by atoms with van der Waals surface area (Å²) in [6.07, 6.45) is 0. The Balaban J connectivity index is 2.54. The van der Waals surface area contributed by atoms with Crippen LogP contribution in [0.25, 0.3) is 0 Å². The molecule has 0 aliphatic heterocycles. The van der Waals surface area contributed by atoms with Gasteiger partial charge in [0.25, 0.3) is 0 Å². The van der Waals surface area contributed by atoms with Crippen LogP contribution in [0.3, 0.4) is 0 Å². The fourth-order valence-electron chi connectivity index (χ4n) is 1.80. The number of nitrogens with zero attached hydrogens (tertiary/aromatic N) is 2. The summed E-state index contributed by atoms with van der Waals surface area (Å²) in [6, 6.07) is 6.74. The van der Waals surface area contributed by atoms with Gasteiger partial charge in [-0.3, -0.25) is 14.5 Å². The van der Waals surface area contributed by atoms with Gasteiger partial charge in [0, 0.05) is 19.8 Å². The van der Waals surface area contributed by atoms with E-state index in [-0.39, 0.29) is 24.4 Å². The number of carbonyl (C=O) groups is 2. The van der Waals surface area contributed by atoms with Crippen molar-refractivity contribution in [3.05, 3.63) is 24.3 Å². The number of amides is 2. The first kappa shape index (κ1) is 17.0. The van der Waals surface area contributed by atoms with Crippen LogP contribution in [0.1, 0.15) is 6.92 Å². The van der Waals surface area contributed by atoms with E-state index in [1.165, 1.54) is 4.90 Å². The maximum Gasteiger partial charge on any atom is 0.239 e. The van der Waals surface area contributed by atoms with E-state index in [1.54, 1.807) is 64.3 Å². The lowest BCUT2D eigenvalue weighted by Crippen LogP contribution is -2.45. The normalized spacial score (nSPS) is 11.9. The smallest absolute Gasteiger partial charge is 0.239 e.